The number of ether oxygens (including phenoxy) is 1. The number of nitrogens with one attached hydrogen (secondary N) is 1. The van der Waals surface area contributed by atoms with Crippen molar-refractivity contribution < 1.29 is 18.7 Å². The number of carbonyl (C=O) groups excluding carboxylic acids is 2. The molecule has 2 heterocycles. The molecule has 0 spiro atoms. The molecular weight excluding hydrogens is 411 g/mol. The minimum absolute atomic E-state index is 0.0463. The Labute approximate surface area is 170 Å². The molecule has 2 amide bonds. The summed E-state index contributed by atoms with van der Waals surface area (Å²) in [6.07, 6.45) is 1.36. The second-order valence-electron chi connectivity index (χ2n) is 5.59. The Balaban J connectivity index is 1.90. The number of furan rings is 1. The second-order valence-corrected chi connectivity index (χ2v) is 6.82. The summed E-state index contributed by atoms with van der Waals surface area (Å²) in [6, 6.07) is 8.31. The Hall–Kier alpha value is -2.19. The third-order valence-corrected chi connectivity index (χ3v) is 4.70. The van der Waals surface area contributed by atoms with Gasteiger partial charge in [-0.2, -0.15) is 0 Å². The standard InChI is InChI=1S/C18H14Cl2N2O4S/c1-25-7-6-22-17(24)13(16(23)21-18(22)27)9-11-3-5-15(26-11)12-8-10(19)2-4-14(12)20/h2-5,8-9H,6-7H2,1H3,(H,21,23,27). The number of benzene rings is 1. The van der Waals surface area contributed by atoms with Crippen LogP contribution in [0.15, 0.2) is 40.3 Å². The van der Waals surface area contributed by atoms with Gasteiger partial charge in [-0.1, -0.05) is 23.2 Å². The summed E-state index contributed by atoms with van der Waals surface area (Å²) in [5, 5.41) is 3.51. The van der Waals surface area contributed by atoms with Crippen molar-refractivity contribution in [2.24, 2.45) is 0 Å². The SMILES string of the molecule is COCCN1C(=O)C(=Cc2ccc(-c3cc(Cl)ccc3Cl)o2)C(=O)NC1=S. The number of nitrogens with zero attached hydrogens (tertiary/aromatic N) is 1. The van der Waals surface area contributed by atoms with Gasteiger partial charge in [-0.15, -0.1) is 0 Å². The smallest absolute Gasteiger partial charge is 0.265 e. The largest absolute Gasteiger partial charge is 0.457 e. The first-order valence-corrected chi connectivity index (χ1v) is 9.00. The molecule has 1 saturated heterocycles. The molecule has 0 aliphatic carbocycles. The predicted octanol–water partition coefficient (Wildman–Crippen LogP) is 3.53. The zero-order valence-corrected chi connectivity index (χ0v) is 16.5. The summed E-state index contributed by atoms with van der Waals surface area (Å²) in [6.45, 7) is 0.514. The monoisotopic (exact) mass is 424 g/mol. The lowest BCUT2D eigenvalue weighted by atomic mass is 10.1. The molecule has 1 aromatic carbocycles. The van der Waals surface area contributed by atoms with E-state index < -0.39 is 11.8 Å². The molecule has 0 unspecified atom stereocenters. The van der Waals surface area contributed by atoms with Gasteiger partial charge in [0, 0.05) is 17.7 Å². The van der Waals surface area contributed by atoms with E-state index >= 15 is 0 Å². The molecule has 0 saturated carbocycles. The van der Waals surface area contributed by atoms with E-state index in [0.717, 1.165) is 0 Å². The number of methoxy groups -OCH3 is 1. The average molecular weight is 425 g/mol. The third kappa shape index (κ3) is 4.22. The van der Waals surface area contributed by atoms with Crippen molar-refractivity contribution in [2.45, 2.75) is 0 Å². The molecule has 0 atom stereocenters. The van der Waals surface area contributed by atoms with Crippen LogP contribution in [0.1, 0.15) is 5.76 Å². The summed E-state index contributed by atoms with van der Waals surface area (Å²) in [5.74, 6) is -0.319. The van der Waals surface area contributed by atoms with Crippen LogP contribution in [0.5, 0.6) is 0 Å². The van der Waals surface area contributed by atoms with Crippen molar-refractivity contribution in [1.29, 1.82) is 0 Å². The van der Waals surface area contributed by atoms with Crippen molar-refractivity contribution in [3.8, 4) is 11.3 Å². The van der Waals surface area contributed by atoms with Crippen molar-refractivity contribution in [3.63, 3.8) is 0 Å². The highest BCUT2D eigenvalue weighted by Gasteiger charge is 2.33. The highest BCUT2D eigenvalue weighted by molar-refractivity contribution is 7.80. The van der Waals surface area contributed by atoms with Crippen LogP contribution in [0, 0.1) is 0 Å². The predicted molar refractivity (Wildman–Crippen MR) is 106 cm³/mol. The topological polar surface area (TPSA) is 71.8 Å². The van der Waals surface area contributed by atoms with Gasteiger partial charge in [-0.25, -0.2) is 0 Å². The van der Waals surface area contributed by atoms with Crippen molar-refractivity contribution >= 4 is 58.4 Å². The van der Waals surface area contributed by atoms with Crippen LogP contribution >= 0.6 is 35.4 Å². The first-order chi connectivity index (χ1) is 12.9. The molecule has 1 aliphatic heterocycles. The van der Waals surface area contributed by atoms with Crippen molar-refractivity contribution in [1.82, 2.24) is 10.2 Å². The molecule has 1 aromatic heterocycles. The van der Waals surface area contributed by atoms with Gasteiger partial charge in [0.15, 0.2) is 5.11 Å². The van der Waals surface area contributed by atoms with Crippen LogP contribution in [0.4, 0.5) is 0 Å². The lowest BCUT2D eigenvalue weighted by Gasteiger charge is -2.28. The number of amides is 2. The summed E-state index contributed by atoms with van der Waals surface area (Å²) in [5.41, 5.74) is 0.522. The minimum atomic E-state index is -0.586. The fourth-order valence-electron chi connectivity index (χ4n) is 2.48. The quantitative estimate of drug-likeness (QED) is 0.451. The average Bonchev–Trinajstić information content (AvgIpc) is 3.09. The van der Waals surface area contributed by atoms with Gasteiger partial charge in [0.05, 0.1) is 18.2 Å². The Morgan fingerprint density at radius 1 is 1.26 bits per heavy atom. The second kappa shape index (κ2) is 8.22. The molecule has 1 fully saturated rings. The fraction of sp³-hybridized carbons (Fsp3) is 0.167. The van der Waals surface area contributed by atoms with Gasteiger partial charge in [0.2, 0.25) is 0 Å². The van der Waals surface area contributed by atoms with Gasteiger partial charge < -0.3 is 9.15 Å². The Bertz CT molecular complexity index is 955. The first-order valence-electron chi connectivity index (χ1n) is 7.84. The Morgan fingerprint density at radius 3 is 2.78 bits per heavy atom. The van der Waals surface area contributed by atoms with Gasteiger partial charge in [0.1, 0.15) is 17.1 Å². The van der Waals surface area contributed by atoms with Gasteiger partial charge in [0.25, 0.3) is 11.8 Å². The van der Waals surface area contributed by atoms with Crippen LogP contribution in [0.2, 0.25) is 10.0 Å². The molecule has 1 N–H and O–H groups in total. The van der Waals surface area contributed by atoms with Crippen LogP contribution < -0.4 is 5.32 Å². The molecule has 0 radical (unpaired) electrons. The van der Waals surface area contributed by atoms with E-state index in [2.05, 4.69) is 5.32 Å². The van der Waals surface area contributed by atoms with Crippen LogP contribution in [0.25, 0.3) is 17.4 Å². The van der Waals surface area contributed by atoms with Gasteiger partial charge in [-0.05, 0) is 48.6 Å². The summed E-state index contributed by atoms with van der Waals surface area (Å²) < 4.78 is 10.7. The molecule has 9 heteroatoms. The number of hydrogen-bond acceptors (Lipinski definition) is 5. The zero-order chi connectivity index (χ0) is 19.6. The molecule has 0 bridgehead atoms. The number of carbonyl (C=O) groups is 2. The van der Waals surface area contributed by atoms with E-state index in [1.165, 1.54) is 18.1 Å². The summed E-state index contributed by atoms with van der Waals surface area (Å²) in [4.78, 5) is 26.1. The molecule has 3 rings (SSSR count). The first kappa shape index (κ1) is 19.6. The van der Waals surface area contributed by atoms with Gasteiger partial charge in [-0.3, -0.25) is 19.8 Å². The maximum absolute atomic E-state index is 12.6. The molecule has 140 valence electrons. The third-order valence-electron chi connectivity index (χ3n) is 3.81. The maximum atomic E-state index is 12.6. The molecule has 2 aromatic rings. The van der Waals surface area contributed by atoms with E-state index in [9.17, 15) is 9.59 Å². The number of thiocarbonyl (C=S) groups is 1. The number of rotatable bonds is 5. The van der Waals surface area contributed by atoms with E-state index in [-0.39, 0.29) is 23.8 Å². The van der Waals surface area contributed by atoms with Crippen molar-refractivity contribution in [3.05, 3.63) is 51.7 Å². The zero-order valence-electron chi connectivity index (χ0n) is 14.1. The lowest BCUT2D eigenvalue weighted by Crippen LogP contribution is -2.54. The molecule has 6 nitrogen and oxygen atoms in total. The van der Waals surface area contributed by atoms with Crippen molar-refractivity contribution in [2.75, 3.05) is 20.3 Å². The van der Waals surface area contributed by atoms with E-state index in [4.69, 9.17) is 44.6 Å². The molecule has 1 aliphatic rings. The van der Waals surface area contributed by atoms with Crippen LogP contribution in [-0.4, -0.2) is 42.1 Å². The normalized spacial score (nSPS) is 16.2. The van der Waals surface area contributed by atoms with E-state index in [1.54, 1.807) is 30.3 Å². The Kier molecular flexibility index (Phi) is 5.96. The molecule has 27 heavy (non-hydrogen) atoms. The fourth-order valence-corrected chi connectivity index (χ4v) is 3.13. The lowest BCUT2D eigenvalue weighted by molar-refractivity contribution is -0.129. The van der Waals surface area contributed by atoms with Gasteiger partial charge >= 0.3 is 0 Å². The minimum Gasteiger partial charge on any atom is -0.457 e. The maximum Gasteiger partial charge on any atom is 0.265 e. The van der Waals surface area contributed by atoms with E-state index in [0.29, 0.717) is 27.1 Å². The molecular formula is C18H14Cl2N2O4S. The summed E-state index contributed by atoms with van der Waals surface area (Å²) in [7, 11) is 1.51. The summed E-state index contributed by atoms with van der Waals surface area (Å²) >= 11 is 17.2. The van der Waals surface area contributed by atoms with Crippen LogP contribution in [-0.2, 0) is 14.3 Å². The highest BCUT2D eigenvalue weighted by atomic mass is 35.5. The Morgan fingerprint density at radius 2 is 2.04 bits per heavy atom. The number of hydrogen-bond donors (Lipinski definition) is 1. The van der Waals surface area contributed by atoms with Crippen LogP contribution in [0.3, 0.4) is 0 Å². The highest BCUT2D eigenvalue weighted by Crippen LogP contribution is 2.32. The van der Waals surface area contributed by atoms with E-state index in [1.807, 2.05) is 0 Å². The number of halogens is 2.